The summed E-state index contributed by atoms with van der Waals surface area (Å²) < 4.78 is 14.9. The Morgan fingerprint density at radius 2 is 2.35 bits per heavy atom. The van der Waals surface area contributed by atoms with Gasteiger partial charge in [-0.15, -0.1) is 0 Å². The third-order valence-electron chi connectivity index (χ3n) is 2.63. The lowest BCUT2D eigenvalue weighted by Crippen LogP contribution is -2.28. The van der Waals surface area contributed by atoms with E-state index >= 15 is 0 Å². The van der Waals surface area contributed by atoms with Crippen molar-refractivity contribution < 1.29 is 9.18 Å². The first-order valence-electron chi connectivity index (χ1n) is 6.35. The third kappa shape index (κ3) is 3.53. The minimum Gasteiger partial charge on any atom is -0.370 e. The van der Waals surface area contributed by atoms with Crippen LogP contribution in [-0.4, -0.2) is 33.8 Å². The molecule has 0 radical (unpaired) electrons. The third-order valence-corrected chi connectivity index (χ3v) is 2.63. The summed E-state index contributed by atoms with van der Waals surface area (Å²) in [5.74, 6) is -0.519. The molecule has 0 aliphatic carbocycles. The first-order valence-corrected chi connectivity index (χ1v) is 6.35. The van der Waals surface area contributed by atoms with Crippen molar-refractivity contribution in [3.63, 3.8) is 0 Å². The predicted molar refractivity (Wildman–Crippen MR) is 72.9 cm³/mol. The number of pyridine rings is 1. The van der Waals surface area contributed by atoms with Crippen LogP contribution < -0.4 is 10.6 Å². The van der Waals surface area contributed by atoms with Crippen LogP contribution in [0.1, 0.15) is 17.3 Å². The lowest BCUT2D eigenvalue weighted by molar-refractivity contribution is 0.0952. The highest BCUT2D eigenvalue weighted by Crippen LogP contribution is 2.13. The Morgan fingerprint density at radius 1 is 1.50 bits per heavy atom. The molecule has 6 nitrogen and oxygen atoms in total. The molecule has 0 saturated carbocycles. The zero-order chi connectivity index (χ0) is 14.4. The molecule has 0 aliphatic rings. The van der Waals surface area contributed by atoms with Crippen molar-refractivity contribution in [2.75, 3.05) is 18.4 Å². The maximum atomic E-state index is 13.2. The second-order valence-electron chi connectivity index (χ2n) is 4.11. The first kappa shape index (κ1) is 14.0. The summed E-state index contributed by atoms with van der Waals surface area (Å²) >= 11 is 0. The van der Waals surface area contributed by atoms with Crippen LogP contribution in [-0.2, 0) is 6.54 Å². The zero-order valence-corrected chi connectivity index (χ0v) is 11.1. The van der Waals surface area contributed by atoms with E-state index in [9.17, 15) is 9.18 Å². The van der Waals surface area contributed by atoms with Gasteiger partial charge in [-0.25, -0.2) is 9.37 Å². The van der Waals surface area contributed by atoms with Crippen molar-refractivity contribution in [2.24, 2.45) is 0 Å². The van der Waals surface area contributed by atoms with Gasteiger partial charge in [-0.1, -0.05) is 0 Å². The summed E-state index contributed by atoms with van der Waals surface area (Å²) in [6.45, 7) is 3.44. The molecule has 2 aromatic rings. The van der Waals surface area contributed by atoms with Gasteiger partial charge in [0.1, 0.15) is 11.6 Å². The molecule has 2 rings (SSSR count). The fourth-order valence-electron chi connectivity index (χ4n) is 1.73. The second kappa shape index (κ2) is 6.65. The van der Waals surface area contributed by atoms with E-state index in [4.69, 9.17) is 0 Å². The summed E-state index contributed by atoms with van der Waals surface area (Å²) in [5.41, 5.74) is 0.201. The first-order chi connectivity index (χ1) is 9.70. The van der Waals surface area contributed by atoms with Gasteiger partial charge in [-0.05, 0) is 19.1 Å². The quantitative estimate of drug-likeness (QED) is 0.834. The van der Waals surface area contributed by atoms with Crippen LogP contribution in [0, 0.1) is 5.82 Å². The second-order valence-corrected chi connectivity index (χ2v) is 4.11. The maximum absolute atomic E-state index is 13.2. The molecule has 2 aromatic heterocycles. The molecule has 7 heteroatoms. The standard InChI is InChI=1S/C13H16FN5O/c1-2-15-12-11(8-10(14)9-17-12)13(20)16-5-7-19-6-3-4-18-19/h3-4,6,8-9H,2,5,7H2,1H3,(H,15,17)(H,16,20). The number of hydrogen-bond donors (Lipinski definition) is 2. The highest BCUT2D eigenvalue weighted by atomic mass is 19.1. The van der Waals surface area contributed by atoms with Gasteiger partial charge in [-0.3, -0.25) is 9.48 Å². The molecule has 20 heavy (non-hydrogen) atoms. The zero-order valence-electron chi connectivity index (χ0n) is 11.1. The molecule has 0 spiro atoms. The molecule has 0 aromatic carbocycles. The van der Waals surface area contributed by atoms with E-state index in [1.165, 1.54) is 6.07 Å². The van der Waals surface area contributed by atoms with Gasteiger partial charge < -0.3 is 10.6 Å². The molecule has 0 bridgehead atoms. The summed E-state index contributed by atoms with van der Waals surface area (Å²) in [4.78, 5) is 15.9. The highest BCUT2D eigenvalue weighted by Gasteiger charge is 2.13. The Kier molecular flexibility index (Phi) is 4.65. The Balaban J connectivity index is 1.99. The Hall–Kier alpha value is -2.44. The van der Waals surface area contributed by atoms with E-state index in [0.29, 0.717) is 25.5 Å². The molecule has 2 heterocycles. The number of rotatable bonds is 6. The van der Waals surface area contributed by atoms with Crippen LogP contribution >= 0.6 is 0 Å². The molecule has 0 unspecified atom stereocenters. The summed E-state index contributed by atoms with van der Waals surface area (Å²) in [6, 6.07) is 2.98. The van der Waals surface area contributed by atoms with Crippen molar-refractivity contribution in [2.45, 2.75) is 13.5 Å². The summed E-state index contributed by atoms with van der Waals surface area (Å²) in [5, 5.41) is 9.68. The number of carbonyl (C=O) groups is 1. The van der Waals surface area contributed by atoms with Crippen LogP contribution in [0.4, 0.5) is 10.2 Å². The Morgan fingerprint density at radius 3 is 3.05 bits per heavy atom. The number of carbonyl (C=O) groups excluding carboxylic acids is 1. The van der Waals surface area contributed by atoms with Crippen LogP contribution in [0.25, 0.3) is 0 Å². The Bertz CT molecular complexity index is 570. The van der Waals surface area contributed by atoms with Crippen molar-refractivity contribution in [1.82, 2.24) is 20.1 Å². The van der Waals surface area contributed by atoms with Gasteiger partial charge in [0.25, 0.3) is 5.91 Å². The smallest absolute Gasteiger partial charge is 0.255 e. The Labute approximate surface area is 116 Å². The summed E-state index contributed by atoms with van der Waals surface area (Å²) in [7, 11) is 0. The van der Waals surface area contributed by atoms with E-state index < -0.39 is 5.82 Å². The number of amides is 1. The fourth-order valence-corrected chi connectivity index (χ4v) is 1.73. The average molecular weight is 277 g/mol. The lowest BCUT2D eigenvalue weighted by Gasteiger charge is -2.10. The molecule has 0 fully saturated rings. The highest BCUT2D eigenvalue weighted by molar-refractivity contribution is 5.98. The van der Waals surface area contributed by atoms with Gasteiger partial charge in [-0.2, -0.15) is 5.10 Å². The number of nitrogens with one attached hydrogen (secondary N) is 2. The SMILES string of the molecule is CCNc1ncc(F)cc1C(=O)NCCn1cccn1. The van der Waals surface area contributed by atoms with E-state index in [1.54, 1.807) is 17.1 Å². The molecule has 0 saturated heterocycles. The number of halogens is 1. The van der Waals surface area contributed by atoms with Gasteiger partial charge >= 0.3 is 0 Å². The van der Waals surface area contributed by atoms with Crippen LogP contribution in [0.15, 0.2) is 30.7 Å². The molecule has 0 atom stereocenters. The van der Waals surface area contributed by atoms with Crippen molar-refractivity contribution in [3.8, 4) is 0 Å². The van der Waals surface area contributed by atoms with E-state index in [0.717, 1.165) is 6.20 Å². The minimum atomic E-state index is -0.538. The fraction of sp³-hybridized carbons (Fsp3) is 0.308. The van der Waals surface area contributed by atoms with Gasteiger partial charge in [0.15, 0.2) is 0 Å². The minimum absolute atomic E-state index is 0.201. The van der Waals surface area contributed by atoms with Crippen LogP contribution in [0.2, 0.25) is 0 Å². The van der Waals surface area contributed by atoms with Crippen molar-refractivity contribution in [1.29, 1.82) is 0 Å². The van der Waals surface area contributed by atoms with E-state index in [1.807, 2.05) is 13.0 Å². The molecular formula is C13H16FN5O. The molecule has 2 N–H and O–H groups in total. The monoisotopic (exact) mass is 277 g/mol. The van der Waals surface area contributed by atoms with Crippen molar-refractivity contribution >= 4 is 11.7 Å². The molecule has 0 aliphatic heterocycles. The number of anilines is 1. The molecule has 106 valence electrons. The number of hydrogen-bond acceptors (Lipinski definition) is 4. The predicted octanol–water partition coefficient (Wildman–Crippen LogP) is 1.28. The normalized spacial score (nSPS) is 10.3. The van der Waals surface area contributed by atoms with Gasteiger partial charge in [0, 0.05) is 25.5 Å². The van der Waals surface area contributed by atoms with Crippen LogP contribution in [0.3, 0.4) is 0 Å². The van der Waals surface area contributed by atoms with Gasteiger partial charge in [0.2, 0.25) is 0 Å². The van der Waals surface area contributed by atoms with Crippen molar-refractivity contribution in [3.05, 3.63) is 42.1 Å². The average Bonchev–Trinajstić information content (AvgIpc) is 2.94. The molecular weight excluding hydrogens is 261 g/mol. The largest absolute Gasteiger partial charge is 0.370 e. The van der Waals surface area contributed by atoms with E-state index in [-0.39, 0.29) is 11.5 Å². The number of nitrogens with zero attached hydrogens (tertiary/aromatic N) is 3. The maximum Gasteiger partial charge on any atom is 0.255 e. The molecule has 1 amide bonds. The van der Waals surface area contributed by atoms with Gasteiger partial charge in [0.05, 0.1) is 18.3 Å². The summed E-state index contributed by atoms with van der Waals surface area (Å²) in [6.07, 6.45) is 4.56. The number of aromatic nitrogens is 3. The topological polar surface area (TPSA) is 71.8 Å². The lowest BCUT2D eigenvalue weighted by atomic mass is 10.2. The van der Waals surface area contributed by atoms with Crippen LogP contribution in [0.5, 0.6) is 0 Å². The van der Waals surface area contributed by atoms with E-state index in [2.05, 4.69) is 20.7 Å².